The van der Waals surface area contributed by atoms with Gasteiger partial charge in [-0.1, -0.05) is 12.1 Å². The molecule has 5 nitrogen and oxygen atoms in total. The van der Waals surface area contributed by atoms with Gasteiger partial charge in [-0.3, -0.25) is 4.68 Å². The normalized spacial score (nSPS) is 19.6. The zero-order chi connectivity index (χ0) is 12.5. The quantitative estimate of drug-likeness (QED) is 0.865. The molecule has 5 heteroatoms. The lowest BCUT2D eigenvalue weighted by atomic mass is 10.1. The van der Waals surface area contributed by atoms with E-state index in [1.54, 1.807) is 10.9 Å². The van der Waals surface area contributed by atoms with Crippen LogP contribution in [0.2, 0.25) is 0 Å². The third-order valence-corrected chi connectivity index (χ3v) is 3.13. The Bertz CT molecular complexity index is 553. The van der Waals surface area contributed by atoms with Gasteiger partial charge in [0.1, 0.15) is 6.61 Å². The van der Waals surface area contributed by atoms with Crippen molar-refractivity contribution >= 4 is 0 Å². The van der Waals surface area contributed by atoms with Crippen LogP contribution in [0, 0.1) is 0 Å². The molecule has 0 spiro atoms. The second-order valence-electron chi connectivity index (χ2n) is 4.32. The molecule has 1 aromatic heterocycles. The summed E-state index contributed by atoms with van der Waals surface area (Å²) < 4.78 is 13.3. The topological polar surface area (TPSA) is 62.3 Å². The number of para-hydroxylation sites is 2. The number of nitrogens with zero attached hydrogens (tertiary/aromatic N) is 2. The molecule has 0 bridgehead atoms. The van der Waals surface area contributed by atoms with Crippen LogP contribution in [0.5, 0.6) is 11.5 Å². The first-order valence-corrected chi connectivity index (χ1v) is 5.87. The van der Waals surface area contributed by atoms with E-state index < -0.39 is 0 Å². The van der Waals surface area contributed by atoms with Crippen molar-refractivity contribution in [1.82, 2.24) is 9.78 Å². The number of hydrogen-bond acceptors (Lipinski definition) is 4. The molecule has 2 atom stereocenters. The van der Waals surface area contributed by atoms with Crippen LogP contribution in [0.1, 0.15) is 11.7 Å². The second kappa shape index (κ2) is 4.34. The highest BCUT2D eigenvalue weighted by Crippen LogP contribution is 2.33. The molecule has 1 aliphatic rings. The Hall–Kier alpha value is -2.01. The van der Waals surface area contributed by atoms with Gasteiger partial charge in [-0.05, 0) is 18.2 Å². The standard InChI is InChI=1S/C13H15N3O2/c1-16-9(6-7-15-16)13(14)12-8-17-10-4-2-3-5-11(10)18-12/h2-7,12-13H,8,14H2,1H3. The van der Waals surface area contributed by atoms with E-state index >= 15 is 0 Å². The van der Waals surface area contributed by atoms with Crippen molar-refractivity contribution in [3.63, 3.8) is 0 Å². The first kappa shape index (κ1) is 11.1. The van der Waals surface area contributed by atoms with Gasteiger partial charge in [-0.15, -0.1) is 0 Å². The van der Waals surface area contributed by atoms with E-state index in [-0.39, 0.29) is 12.1 Å². The third-order valence-electron chi connectivity index (χ3n) is 3.13. The molecule has 2 N–H and O–H groups in total. The summed E-state index contributed by atoms with van der Waals surface area (Å²) in [6, 6.07) is 9.25. The Morgan fingerprint density at radius 1 is 1.33 bits per heavy atom. The van der Waals surface area contributed by atoms with Crippen LogP contribution >= 0.6 is 0 Å². The van der Waals surface area contributed by atoms with Gasteiger partial charge in [0.2, 0.25) is 0 Å². The van der Waals surface area contributed by atoms with E-state index in [0.717, 1.165) is 17.2 Å². The molecule has 0 saturated heterocycles. The van der Waals surface area contributed by atoms with E-state index in [2.05, 4.69) is 5.10 Å². The summed E-state index contributed by atoms with van der Waals surface area (Å²) in [5, 5.41) is 4.12. The fraction of sp³-hybridized carbons (Fsp3) is 0.308. The van der Waals surface area contributed by atoms with Gasteiger partial charge in [-0.2, -0.15) is 5.10 Å². The van der Waals surface area contributed by atoms with Crippen molar-refractivity contribution in [3.05, 3.63) is 42.2 Å². The Balaban J connectivity index is 1.82. The van der Waals surface area contributed by atoms with Crippen molar-refractivity contribution in [2.24, 2.45) is 12.8 Å². The third kappa shape index (κ3) is 1.82. The monoisotopic (exact) mass is 245 g/mol. The van der Waals surface area contributed by atoms with Crippen molar-refractivity contribution in [2.75, 3.05) is 6.61 Å². The highest BCUT2D eigenvalue weighted by Gasteiger charge is 2.28. The fourth-order valence-corrected chi connectivity index (χ4v) is 2.11. The van der Waals surface area contributed by atoms with Crippen LogP contribution in [0.4, 0.5) is 0 Å². The maximum Gasteiger partial charge on any atom is 0.161 e. The Kier molecular flexibility index (Phi) is 2.68. The maximum absolute atomic E-state index is 6.21. The fourth-order valence-electron chi connectivity index (χ4n) is 2.11. The molecule has 2 heterocycles. The number of nitrogens with two attached hydrogens (primary N) is 1. The van der Waals surface area contributed by atoms with E-state index in [4.69, 9.17) is 15.2 Å². The number of aromatic nitrogens is 2. The van der Waals surface area contributed by atoms with Gasteiger partial charge in [0.25, 0.3) is 0 Å². The van der Waals surface area contributed by atoms with Crippen LogP contribution < -0.4 is 15.2 Å². The first-order valence-electron chi connectivity index (χ1n) is 5.87. The minimum atomic E-state index is -0.258. The van der Waals surface area contributed by atoms with E-state index in [9.17, 15) is 0 Å². The molecule has 2 unspecified atom stereocenters. The molecule has 0 radical (unpaired) electrons. The first-order chi connectivity index (χ1) is 8.75. The summed E-state index contributed by atoms with van der Waals surface area (Å²) in [6.07, 6.45) is 1.53. The summed E-state index contributed by atoms with van der Waals surface area (Å²) in [5.41, 5.74) is 7.14. The van der Waals surface area contributed by atoms with Crippen LogP contribution in [-0.2, 0) is 7.05 Å². The lowest BCUT2D eigenvalue weighted by Gasteiger charge is -2.30. The molecule has 0 amide bonds. The number of benzene rings is 1. The number of fused-ring (bicyclic) bond motifs is 1. The zero-order valence-electron chi connectivity index (χ0n) is 10.1. The Morgan fingerprint density at radius 2 is 2.11 bits per heavy atom. The van der Waals surface area contributed by atoms with Gasteiger partial charge in [0.15, 0.2) is 17.6 Å². The summed E-state index contributed by atoms with van der Waals surface area (Å²) in [5.74, 6) is 1.51. The predicted molar refractivity (Wildman–Crippen MR) is 66.5 cm³/mol. The van der Waals surface area contributed by atoms with E-state index in [1.807, 2.05) is 37.4 Å². The van der Waals surface area contributed by atoms with E-state index in [0.29, 0.717) is 6.61 Å². The van der Waals surface area contributed by atoms with Crippen LogP contribution in [-0.4, -0.2) is 22.5 Å². The molecule has 18 heavy (non-hydrogen) atoms. The molecule has 94 valence electrons. The maximum atomic E-state index is 6.21. The average Bonchev–Trinajstić information content (AvgIpc) is 2.83. The zero-order valence-corrected chi connectivity index (χ0v) is 10.1. The highest BCUT2D eigenvalue weighted by atomic mass is 16.6. The van der Waals surface area contributed by atoms with Gasteiger partial charge in [0, 0.05) is 13.2 Å². The summed E-state index contributed by atoms with van der Waals surface area (Å²) in [6.45, 7) is 0.448. The van der Waals surface area contributed by atoms with Crippen LogP contribution in [0.3, 0.4) is 0 Å². The summed E-state index contributed by atoms with van der Waals surface area (Å²) in [4.78, 5) is 0. The minimum Gasteiger partial charge on any atom is -0.486 e. The molecule has 0 fully saturated rings. The number of ether oxygens (including phenoxy) is 2. The molecular weight excluding hydrogens is 230 g/mol. The SMILES string of the molecule is Cn1nccc1C(N)C1COc2ccccc2O1. The van der Waals surface area contributed by atoms with E-state index in [1.165, 1.54) is 0 Å². The summed E-state index contributed by atoms with van der Waals surface area (Å²) >= 11 is 0. The van der Waals surface area contributed by atoms with Crippen molar-refractivity contribution in [1.29, 1.82) is 0 Å². The minimum absolute atomic E-state index is 0.199. The Labute approximate surface area is 105 Å². The molecule has 1 aromatic carbocycles. The molecule has 2 aromatic rings. The molecule has 1 aliphatic heterocycles. The number of aryl methyl sites for hydroxylation is 1. The number of hydrogen-bond donors (Lipinski definition) is 1. The molecule has 3 rings (SSSR count). The molecule has 0 saturated carbocycles. The second-order valence-corrected chi connectivity index (χ2v) is 4.32. The highest BCUT2D eigenvalue weighted by molar-refractivity contribution is 5.41. The van der Waals surface area contributed by atoms with Gasteiger partial charge in [-0.25, -0.2) is 0 Å². The van der Waals surface area contributed by atoms with Crippen molar-refractivity contribution in [3.8, 4) is 11.5 Å². The summed E-state index contributed by atoms with van der Waals surface area (Å²) in [7, 11) is 1.87. The lowest BCUT2D eigenvalue weighted by Crippen LogP contribution is -2.39. The lowest BCUT2D eigenvalue weighted by molar-refractivity contribution is 0.0702. The van der Waals surface area contributed by atoms with Gasteiger partial charge >= 0.3 is 0 Å². The Morgan fingerprint density at radius 3 is 2.83 bits per heavy atom. The largest absolute Gasteiger partial charge is 0.486 e. The number of rotatable bonds is 2. The molecular formula is C13H15N3O2. The predicted octanol–water partition coefficient (Wildman–Crippen LogP) is 1.26. The van der Waals surface area contributed by atoms with Gasteiger partial charge < -0.3 is 15.2 Å². The molecule has 0 aliphatic carbocycles. The smallest absolute Gasteiger partial charge is 0.161 e. The van der Waals surface area contributed by atoms with Crippen molar-refractivity contribution < 1.29 is 9.47 Å². The van der Waals surface area contributed by atoms with Gasteiger partial charge in [0.05, 0.1) is 11.7 Å². The van der Waals surface area contributed by atoms with Crippen LogP contribution in [0.15, 0.2) is 36.5 Å². The van der Waals surface area contributed by atoms with Crippen molar-refractivity contribution in [2.45, 2.75) is 12.1 Å². The average molecular weight is 245 g/mol. The van der Waals surface area contributed by atoms with Crippen LogP contribution in [0.25, 0.3) is 0 Å².